The number of carbonyl (C=O) groups excluding carboxylic acids is 1. The molecule has 0 atom stereocenters. The van der Waals surface area contributed by atoms with Gasteiger partial charge in [-0.05, 0) is 24.3 Å². The van der Waals surface area contributed by atoms with Crippen molar-refractivity contribution in [3.8, 4) is 22.1 Å². The number of methoxy groups -OCH3 is 2. The number of hydrogen-bond acceptors (Lipinski definition) is 6. The topological polar surface area (TPSA) is 73.3 Å². The van der Waals surface area contributed by atoms with E-state index in [1.165, 1.54) is 25.6 Å². The summed E-state index contributed by atoms with van der Waals surface area (Å²) >= 11 is 1.53. The third kappa shape index (κ3) is 3.77. The van der Waals surface area contributed by atoms with E-state index in [9.17, 15) is 4.79 Å². The highest BCUT2D eigenvalue weighted by molar-refractivity contribution is 7.13. The Kier molecular flexibility index (Phi) is 5.25. The minimum absolute atomic E-state index is 0.271. The summed E-state index contributed by atoms with van der Waals surface area (Å²) in [5.41, 5.74) is 2.17. The van der Waals surface area contributed by atoms with Gasteiger partial charge in [0.05, 0.1) is 26.5 Å². The maximum Gasteiger partial charge on any atom is 0.259 e. The third-order valence-electron chi connectivity index (χ3n) is 3.56. The Morgan fingerprint density at radius 2 is 1.80 bits per heavy atom. The normalized spacial score (nSPS) is 10.3. The summed E-state index contributed by atoms with van der Waals surface area (Å²) in [6, 6.07) is 9.03. The summed E-state index contributed by atoms with van der Waals surface area (Å²) in [5.74, 6) is 0.660. The first-order valence-corrected chi connectivity index (χ1v) is 8.45. The van der Waals surface area contributed by atoms with Crippen LogP contribution < -0.4 is 14.8 Å². The SMILES string of the molecule is COc1cccc(OC)c1C(=O)NCc1csc(-c2ccncc2)n1. The first-order valence-electron chi connectivity index (χ1n) is 7.57. The highest BCUT2D eigenvalue weighted by Crippen LogP contribution is 2.28. The molecule has 3 rings (SSSR count). The zero-order valence-electron chi connectivity index (χ0n) is 13.9. The maximum absolute atomic E-state index is 12.6. The molecule has 25 heavy (non-hydrogen) atoms. The van der Waals surface area contributed by atoms with Crippen LogP contribution in [-0.2, 0) is 6.54 Å². The third-order valence-corrected chi connectivity index (χ3v) is 4.50. The van der Waals surface area contributed by atoms with Crippen molar-refractivity contribution in [3.63, 3.8) is 0 Å². The van der Waals surface area contributed by atoms with Crippen molar-refractivity contribution in [3.05, 3.63) is 59.4 Å². The van der Waals surface area contributed by atoms with Crippen molar-refractivity contribution in [2.24, 2.45) is 0 Å². The van der Waals surface area contributed by atoms with Crippen LogP contribution in [0.4, 0.5) is 0 Å². The molecule has 2 aromatic heterocycles. The molecule has 0 spiro atoms. The van der Waals surface area contributed by atoms with Crippen LogP contribution in [0, 0.1) is 0 Å². The molecule has 2 heterocycles. The van der Waals surface area contributed by atoms with Crippen molar-refractivity contribution in [2.45, 2.75) is 6.54 Å². The average Bonchev–Trinajstić information content (AvgIpc) is 3.15. The standard InChI is InChI=1S/C18H17N3O3S/c1-23-14-4-3-5-15(24-2)16(14)17(22)20-10-13-11-25-18(21-13)12-6-8-19-9-7-12/h3-9,11H,10H2,1-2H3,(H,20,22). The summed E-state index contributed by atoms with van der Waals surface area (Å²) in [6.07, 6.45) is 3.46. The van der Waals surface area contributed by atoms with Gasteiger partial charge in [-0.3, -0.25) is 9.78 Å². The van der Waals surface area contributed by atoms with E-state index in [0.717, 1.165) is 16.3 Å². The van der Waals surface area contributed by atoms with Crippen LogP contribution in [0.5, 0.6) is 11.5 Å². The number of carbonyl (C=O) groups is 1. The van der Waals surface area contributed by atoms with Crippen molar-refractivity contribution >= 4 is 17.2 Å². The monoisotopic (exact) mass is 355 g/mol. The van der Waals surface area contributed by atoms with E-state index in [1.807, 2.05) is 17.5 Å². The van der Waals surface area contributed by atoms with E-state index < -0.39 is 0 Å². The zero-order valence-corrected chi connectivity index (χ0v) is 14.7. The number of aromatic nitrogens is 2. The molecule has 1 aromatic carbocycles. The highest BCUT2D eigenvalue weighted by Gasteiger charge is 2.18. The Bertz CT molecular complexity index is 843. The molecule has 1 N–H and O–H groups in total. The number of rotatable bonds is 6. The van der Waals surface area contributed by atoms with Crippen molar-refractivity contribution in [1.29, 1.82) is 0 Å². The Balaban J connectivity index is 1.72. The van der Waals surface area contributed by atoms with E-state index in [4.69, 9.17) is 9.47 Å². The zero-order chi connectivity index (χ0) is 17.6. The van der Waals surface area contributed by atoms with Crippen LogP contribution in [0.2, 0.25) is 0 Å². The average molecular weight is 355 g/mol. The number of ether oxygens (including phenoxy) is 2. The van der Waals surface area contributed by atoms with Crippen LogP contribution in [0.25, 0.3) is 10.6 Å². The highest BCUT2D eigenvalue weighted by atomic mass is 32.1. The molecule has 0 aliphatic carbocycles. The lowest BCUT2D eigenvalue weighted by Crippen LogP contribution is -2.24. The maximum atomic E-state index is 12.6. The van der Waals surface area contributed by atoms with Crippen LogP contribution >= 0.6 is 11.3 Å². The van der Waals surface area contributed by atoms with Gasteiger partial charge in [0.15, 0.2) is 0 Å². The molecular formula is C18H17N3O3S. The van der Waals surface area contributed by atoms with Gasteiger partial charge in [0, 0.05) is 23.3 Å². The van der Waals surface area contributed by atoms with Crippen LogP contribution in [0.15, 0.2) is 48.1 Å². The number of thiazole rings is 1. The fourth-order valence-corrected chi connectivity index (χ4v) is 3.18. The van der Waals surface area contributed by atoms with Crippen molar-refractivity contribution < 1.29 is 14.3 Å². The predicted octanol–water partition coefficient (Wildman–Crippen LogP) is 3.15. The van der Waals surface area contributed by atoms with Gasteiger partial charge in [0.25, 0.3) is 5.91 Å². The molecule has 0 saturated heterocycles. The minimum Gasteiger partial charge on any atom is -0.496 e. The van der Waals surface area contributed by atoms with Gasteiger partial charge in [0.2, 0.25) is 0 Å². The number of amides is 1. The quantitative estimate of drug-likeness (QED) is 0.735. The second-order valence-corrected chi connectivity index (χ2v) is 5.96. The Hall–Kier alpha value is -2.93. The van der Waals surface area contributed by atoms with E-state index in [-0.39, 0.29) is 5.91 Å². The fraction of sp³-hybridized carbons (Fsp3) is 0.167. The second-order valence-electron chi connectivity index (χ2n) is 5.10. The summed E-state index contributed by atoms with van der Waals surface area (Å²) in [5, 5.41) is 5.68. The van der Waals surface area contributed by atoms with Gasteiger partial charge in [-0.2, -0.15) is 0 Å². The number of pyridine rings is 1. The van der Waals surface area contributed by atoms with Gasteiger partial charge in [-0.15, -0.1) is 11.3 Å². The van der Waals surface area contributed by atoms with Crippen molar-refractivity contribution in [1.82, 2.24) is 15.3 Å². The van der Waals surface area contributed by atoms with Gasteiger partial charge in [-0.1, -0.05) is 6.07 Å². The van der Waals surface area contributed by atoms with Gasteiger partial charge < -0.3 is 14.8 Å². The summed E-state index contributed by atoms with van der Waals surface area (Å²) in [6.45, 7) is 0.321. The molecule has 0 radical (unpaired) electrons. The molecule has 0 saturated carbocycles. The summed E-state index contributed by atoms with van der Waals surface area (Å²) < 4.78 is 10.5. The van der Waals surface area contributed by atoms with Gasteiger partial charge >= 0.3 is 0 Å². The summed E-state index contributed by atoms with van der Waals surface area (Å²) in [4.78, 5) is 21.1. The first kappa shape index (κ1) is 16.9. The molecule has 7 heteroatoms. The number of nitrogens with zero attached hydrogens (tertiary/aromatic N) is 2. The van der Waals surface area contributed by atoms with E-state index in [2.05, 4.69) is 15.3 Å². The van der Waals surface area contributed by atoms with Crippen LogP contribution in [-0.4, -0.2) is 30.1 Å². The Morgan fingerprint density at radius 3 is 2.44 bits per heavy atom. The van der Waals surface area contributed by atoms with Crippen LogP contribution in [0.1, 0.15) is 16.1 Å². The molecule has 0 unspecified atom stereocenters. The Morgan fingerprint density at radius 1 is 1.12 bits per heavy atom. The smallest absolute Gasteiger partial charge is 0.259 e. The lowest BCUT2D eigenvalue weighted by Gasteiger charge is -2.12. The number of hydrogen-bond donors (Lipinski definition) is 1. The molecule has 3 aromatic rings. The lowest BCUT2D eigenvalue weighted by atomic mass is 10.1. The minimum atomic E-state index is -0.271. The molecule has 0 fully saturated rings. The van der Waals surface area contributed by atoms with Gasteiger partial charge in [-0.25, -0.2) is 4.98 Å². The second kappa shape index (κ2) is 7.76. The lowest BCUT2D eigenvalue weighted by molar-refractivity contribution is 0.0944. The predicted molar refractivity (Wildman–Crippen MR) is 96.1 cm³/mol. The van der Waals surface area contributed by atoms with Crippen molar-refractivity contribution in [2.75, 3.05) is 14.2 Å². The molecule has 0 aliphatic rings. The summed E-state index contributed by atoms with van der Waals surface area (Å²) in [7, 11) is 3.04. The molecule has 128 valence electrons. The number of benzene rings is 1. The van der Waals surface area contributed by atoms with E-state index >= 15 is 0 Å². The first-order chi connectivity index (χ1) is 12.2. The molecule has 6 nitrogen and oxygen atoms in total. The molecule has 1 amide bonds. The molecule has 0 bridgehead atoms. The van der Waals surface area contributed by atoms with Crippen LogP contribution in [0.3, 0.4) is 0 Å². The molecular weight excluding hydrogens is 338 g/mol. The van der Waals surface area contributed by atoms with Gasteiger partial charge in [0.1, 0.15) is 22.1 Å². The van der Waals surface area contributed by atoms with E-state index in [0.29, 0.717) is 23.6 Å². The fourth-order valence-electron chi connectivity index (χ4n) is 2.35. The van der Waals surface area contributed by atoms with E-state index in [1.54, 1.807) is 30.6 Å². The largest absolute Gasteiger partial charge is 0.496 e. The number of nitrogens with one attached hydrogen (secondary N) is 1. The molecule has 0 aliphatic heterocycles. The Labute approximate surface area is 149 Å².